The molecule has 2 atom stereocenters. The van der Waals surface area contributed by atoms with Crippen molar-refractivity contribution in [3.05, 3.63) is 30.2 Å². The number of nitrogens with two attached hydrogens (primary N) is 1. The molecule has 2 rings (SSSR count). The van der Waals surface area contributed by atoms with E-state index in [1.807, 2.05) is 6.92 Å². The summed E-state index contributed by atoms with van der Waals surface area (Å²) in [5.74, 6) is -0.446. The molecule has 0 saturated heterocycles. The van der Waals surface area contributed by atoms with Gasteiger partial charge in [-0.25, -0.2) is 4.39 Å². The SMILES string of the molecule is CC(CNc1c(F)cc(N)c2cccnc12)S(C)=O. The first-order valence-electron chi connectivity index (χ1n) is 5.89. The van der Waals surface area contributed by atoms with E-state index in [2.05, 4.69) is 10.3 Å². The van der Waals surface area contributed by atoms with Gasteiger partial charge in [0.2, 0.25) is 0 Å². The molecule has 1 aromatic heterocycles. The number of hydrogen-bond donors (Lipinski definition) is 2. The molecule has 6 heteroatoms. The van der Waals surface area contributed by atoms with Crippen LogP contribution in [0.25, 0.3) is 10.9 Å². The lowest BCUT2D eigenvalue weighted by atomic mass is 10.1. The molecule has 3 N–H and O–H groups in total. The summed E-state index contributed by atoms with van der Waals surface area (Å²) in [5.41, 5.74) is 6.94. The van der Waals surface area contributed by atoms with Crippen LogP contribution < -0.4 is 11.1 Å². The molecule has 102 valence electrons. The average Bonchev–Trinajstić information content (AvgIpc) is 2.38. The number of fused-ring (bicyclic) bond motifs is 1. The van der Waals surface area contributed by atoms with Crippen molar-refractivity contribution in [1.29, 1.82) is 0 Å². The highest BCUT2D eigenvalue weighted by molar-refractivity contribution is 7.84. The van der Waals surface area contributed by atoms with E-state index in [9.17, 15) is 8.60 Å². The van der Waals surface area contributed by atoms with Crippen LogP contribution in [0.1, 0.15) is 6.92 Å². The summed E-state index contributed by atoms with van der Waals surface area (Å²) in [5, 5.41) is 3.61. The van der Waals surface area contributed by atoms with Gasteiger partial charge < -0.3 is 11.1 Å². The van der Waals surface area contributed by atoms with Gasteiger partial charge in [-0.05, 0) is 25.1 Å². The highest BCUT2D eigenvalue weighted by Gasteiger charge is 2.13. The normalized spacial score (nSPS) is 14.3. The predicted octanol–water partition coefficient (Wildman–Crippen LogP) is 2.13. The van der Waals surface area contributed by atoms with E-state index in [0.29, 0.717) is 28.8 Å². The van der Waals surface area contributed by atoms with Gasteiger partial charge in [-0.15, -0.1) is 0 Å². The summed E-state index contributed by atoms with van der Waals surface area (Å²) in [4.78, 5) is 4.17. The van der Waals surface area contributed by atoms with Crippen molar-refractivity contribution < 1.29 is 8.60 Å². The second-order valence-corrected chi connectivity index (χ2v) is 6.21. The van der Waals surface area contributed by atoms with Crippen molar-refractivity contribution in [3.63, 3.8) is 0 Å². The summed E-state index contributed by atoms with van der Waals surface area (Å²) in [6.45, 7) is 2.25. The highest BCUT2D eigenvalue weighted by atomic mass is 32.2. The van der Waals surface area contributed by atoms with E-state index in [-0.39, 0.29) is 5.25 Å². The minimum absolute atomic E-state index is 0.0734. The molecular weight excluding hydrogens is 265 g/mol. The van der Waals surface area contributed by atoms with Gasteiger partial charge in [-0.2, -0.15) is 0 Å². The van der Waals surface area contributed by atoms with Crippen LogP contribution >= 0.6 is 0 Å². The van der Waals surface area contributed by atoms with Gasteiger partial charge in [0.25, 0.3) is 0 Å². The van der Waals surface area contributed by atoms with Crippen LogP contribution in [0.15, 0.2) is 24.4 Å². The Hall–Kier alpha value is -1.69. The molecular formula is C13H16FN3OS. The second kappa shape index (κ2) is 5.52. The van der Waals surface area contributed by atoms with Crippen LogP contribution in [0, 0.1) is 5.82 Å². The zero-order chi connectivity index (χ0) is 14.0. The van der Waals surface area contributed by atoms with Gasteiger partial charge in [0, 0.05) is 46.1 Å². The van der Waals surface area contributed by atoms with E-state index in [1.165, 1.54) is 6.07 Å². The third-order valence-electron chi connectivity index (χ3n) is 3.01. The van der Waals surface area contributed by atoms with E-state index < -0.39 is 16.6 Å². The van der Waals surface area contributed by atoms with Crippen molar-refractivity contribution >= 4 is 33.1 Å². The number of rotatable bonds is 4. The molecule has 0 bridgehead atoms. The van der Waals surface area contributed by atoms with Crippen LogP contribution in [-0.4, -0.2) is 27.2 Å². The highest BCUT2D eigenvalue weighted by Crippen LogP contribution is 2.29. The summed E-state index contributed by atoms with van der Waals surface area (Å²) < 4.78 is 25.3. The fourth-order valence-corrected chi connectivity index (χ4v) is 2.09. The Bertz CT molecular complexity index is 633. The molecule has 1 aromatic carbocycles. The number of aromatic nitrogens is 1. The number of benzene rings is 1. The number of halogens is 1. The molecule has 0 amide bonds. The topological polar surface area (TPSA) is 68.0 Å². The monoisotopic (exact) mass is 281 g/mol. The zero-order valence-electron chi connectivity index (χ0n) is 10.8. The lowest BCUT2D eigenvalue weighted by Gasteiger charge is -2.14. The van der Waals surface area contributed by atoms with E-state index in [1.54, 1.807) is 24.6 Å². The lowest BCUT2D eigenvalue weighted by Crippen LogP contribution is -2.21. The number of nitrogens with zero attached hydrogens (tertiary/aromatic N) is 1. The van der Waals surface area contributed by atoms with Crippen molar-refractivity contribution in [1.82, 2.24) is 4.98 Å². The Morgan fingerprint density at radius 1 is 1.58 bits per heavy atom. The minimum atomic E-state index is -0.959. The largest absolute Gasteiger partial charge is 0.398 e. The summed E-state index contributed by atoms with van der Waals surface area (Å²) in [7, 11) is -0.959. The van der Waals surface area contributed by atoms with Gasteiger partial charge >= 0.3 is 0 Å². The number of pyridine rings is 1. The van der Waals surface area contributed by atoms with Crippen LogP contribution in [0.4, 0.5) is 15.8 Å². The van der Waals surface area contributed by atoms with Gasteiger partial charge in [0.05, 0.1) is 11.2 Å². The molecule has 19 heavy (non-hydrogen) atoms. The predicted molar refractivity (Wildman–Crippen MR) is 78.1 cm³/mol. The molecule has 0 aliphatic rings. The first-order valence-corrected chi connectivity index (χ1v) is 7.51. The number of nitrogens with one attached hydrogen (secondary N) is 1. The van der Waals surface area contributed by atoms with E-state index in [4.69, 9.17) is 5.73 Å². The van der Waals surface area contributed by atoms with Crippen LogP contribution in [0.3, 0.4) is 0 Å². The molecule has 2 unspecified atom stereocenters. The van der Waals surface area contributed by atoms with Crippen LogP contribution in [0.5, 0.6) is 0 Å². The third-order valence-corrected chi connectivity index (χ3v) is 4.31. The minimum Gasteiger partial charge on any atom is -0.398 e. The molecule has 0 fully saturated rings. The maximum Gasteiger partial charge on any atom is 0.150 e. The maximum atomic E-state index is 14.0. The van der Waals surface area contributed by atoms with Crippen molar-refractivity contribution in [2.75, 3.05) is 23.9 Å². The van der Waals surface area contributed by atoms with Gasteiger partial charge in [0.15, 0.2) is 5.82 Å². The van der Waals surface area contributed by atoms with E-state index >= 15 is 0 Å². The number of anilines is 2. The summed E-state index contributed by atoms with van der Waals surface area (Å²) in [6, 6.07) is 4.83. The average molecular weight is 281 g/mol. The third kappa shape index (κ3) is 2.84. The first-order chi connectivity index (χ1) is 9.00. The summed E-state index contributed by atoms with van der Waals surface area (Å²) in [6.07, 6.45) is 3.22. The Balaban J connectivity index is 2.40. The second-order valence-electron chi connectivity index (χ2n) is 4.41. The van der Waals surface area contributed by atoms with E-state index in [0.717, 1.165) is 0 Å². The summed E-state index contributed by atoms with van der Waals surface area (Å²) >= 11 is 0. The van der Waals surface area contributed by atoms with Gasteiger partial charge in [-0.1, -0.05) is 0 Å². The standard InChI is InChI=1S/C13H16FN3OS/c1-8(19(2)18)7-17-13-10(14)6-11(15)9-4-3-5-16-12(9)13/h3-6,8,17H,7,15H2,1-2H3. The van der Waals surface area contributed by atoms with Gasteiger partial charge in [-0.3, -0.25) is 9.19 Å². The Morgan fingerprint density at radius 2 is 2.32 bits per heavy atom. The Kier molecular flexibility index (Phi) is 3.99. The molecule has 0 radical (unpaired) electrons. The number of hydrogen-bond acceptors (Lipinski definition) is 4. The maximum absolute atomic E-state index is 14.0. The van der Waals surface area contributed by atoms with Crippen LogP contribution in [-0.2, 0) is 10.8 Å². The first kappa shape index (κ1) is 13.7. The Morgan fingerprint density at radius 3 is 3.00 bits per heavy atom. The molecule has 0 spiro atoms. The number of nitrogen functional groups attached to an aromatic ring is 1. The molecule has 1 heterocycles. The molecule has 0 aliphatic heterocycles. The van der Waals surface area contributed by atoms with Gasteiger partial charge in [0.1, 0.15) is 0 Å². The van der Waals surface area contributed by atoms with Crippen molar-refractivity contribution in [2.24, 2.45) is 0 Å². The molecule has 0 aliphatic carbocycles. The fourth-order valence-electron chi connectivity index (χ4n) is 1.77. The molecule has 4 nitrogen and oxygen atoms in total. The lowest BCUT2D eigenvalue weighted by molar-refractivity contribution is 0.631. The van der Waals surface area contributed by atoms with Crippen LogP contribution in [0.2, 0.25) is 0 Å². The smallest absolute Gasteiger partial charge is 0.150 e. The quantitative estimate of drug-likeness (QED) is 0.843. The zero-order valence-corrected chi connectivity index (χ0v) is 11.6. The van der Waals surface area contributed by atoms with Crippen molar-refractivity contribution in [2.45, 2.75) is 12.2 Å². The van der Waals surface area contributed by atoms with Crippen molar-refractivity contribution in [3.8, 4) is 0 Å². The molecule has 0 saturated carbocycles. The molecule has 2 aromatic rings. The Labute approximate surface area is 113 Å². The fraction of sp³-hybridized carbons (Fsp3) is 0.308.